The zero-order chi connectivity index (χ0) is 20.5. The molecule has 4 rings (SSSR count). The van der Waals surface area contributed by atoms with Gasteiger partial charge in [0.05, 0.1) is 22.0 Å². The molecule has 140 valence electrons. The van der Waals surface area contributed by atoms with Crippen molar-refractivity contribution in [1.82, 2.24) is 14.8 Å². The molecule has 2 aromatic heterocycles. The van der Waals surface area contributed by atoms with Gasteiger partial charge in [0.1, 0.15) is 22.5 Å². The Bertz CT molecular complexity index is 1290. The van der Waals surface area contributed by atoms with Crippen LogP contribution in [0.3, 0.4) is 0 Å². The average molecular weight is 419 g/mol. The largest absolute Gasteiger partial charge is 0.394 e. The molecule has 9 heteroatoms. The summed E-state index contributed by atoms with van der Waals surface area (Å²) < 4.78 is 2.14. The summed E-state index contributed by atoms with van der Waals surface area (Å²) in [4.78, 5) is 17.8. The third-order valence-electron chi connectivity index (χ3n) is 4.28. The topological polar surface area (TPSA) is 121 Å². The van der Waals surface area contributed by atoms with E-state index < -0.39 is 11.7 Å². The van der Waals surface area contributed by atoms with Gasteiger partial charge in [-0.2, -0.15) is 15.6 Å². The Morgan fingerprint density at radius 3 is 2.55 bits per heavy atom. The number of hydrogen-bond donors (Lipinski definition) is 1. The molecule has 2 N–H and O–H groups in total. The summed E-state index contributed by atoms with van der Waals surface area (Å²) in [5.41, 5.74) is 7.05. The summed E-state index contributed by atoms with van der Waals surface area (Å²) in [6.07, 6.45) is 0. The lowest BCUT2D eigenvalue weighted by molar-refractivity contribution is 0.0972. The van der Waals surface area contributed by atoms with E-state index >= 15 is 0 Å². The van der Waals surface area contributed by atoms with Crippen LogP contribution in [-0.2, 0) is 0 Å². The molecule has 0 radical (unpaired) electrons. The second kappa shape index (κ2) is 7.36. The lowest BCUT2D eigenvalue weighted by Gasteiger charge is -2.10. The fourth-order valence-corrected chi connectivity index (χ4v) is 4.03. The normalized spacial score (nSPS) is 11.7. The molecule has 2 aromatic carbocycles. The Kier molecular flexibility index (Phi) is 4.73. The van der Waals surface area contributed by atoms with Crippen molar-refractivity contribution in [3.63, 3.8) is 0 Å². The molecule has 0 aliphatic heterocycles. The van der Waals surface area contributed by atoms with Crippen LogP contribution in [0.1, 0.15) is 27.1 Å². The van der Waals surface area contributed by atoms with Gasteiger partial charge in [0, 0.05) is 5.02 Å². The fraction of sp³-hybridized carbons (Fsp3) is 0.0500. The van der Waals surface area contributed by atoms with Crippen LogP contribution in [0.25, 0.3) is 15.9 Å². The van der Waals surface area contributed by atoms with Crippen molar-refractivity contribution in [1.29, 1.82) is 10.5 Å². The highest BCUT2D eigenvalue weighted by atomic mass is 35.5. The van der Waals surface area contributed by atoms with Gasteiger partial charge >= 0.3 is 0 Å². The van der Waals surface area contributed by atoms with E-state index in [4.69, 9.17) is 17.3 Å². The first-order valence-corrected chi connectivity index (χ1v) is 9.56. The standard InChI is InChI=1S/C20H11ClN6OS/c21-11-5-7-12(8-6-11)27-18(17(24)15(10-23)26-27)19(28)13(9-22)20-25-14-3-1-2-4-16(14)29-20/h1-8,13H,24H2. The second-order valence-electron chi connectivity index (χ2n) is 6.06. The maximum Gasteiger partial charge on any atom is 0.207 e. The quantitative estimate of drug-likeness (QED) is 0.498. The van der Waals surface area contributed by atoms with E-state index in [0.29, 0.717) is 21.2 Å². The van der Waals surface area contributed by atoms with Gasteiger partial charge in [0.15, 0.2) is 11.6 Å². The first kappa shape index (κ1) is 18.6. The number of aromatic nitrogens is 3. The molecule has 0 saturated carbocycles. The SMILES string of the molecule is N#Cc1nn(-c2ccc(Cl)cc2)c(C(=O)C(C#N)c2nc3ccccc3s2)c1N. The number of nitrogens with zero attached hydrogens (tertiary/aromatic N) is 5. The highest BCUT2D eigenvalue weighted by molar-refractivity contribution is 7.18. The summed E-state index contributed by atoms with van der Waals surface area (Å²) in [5, 5.41) is 24.1. The summed E-state index contributed by atoms with van der Waals surface area (Å²) in [7, 11) is 0. The number of nitrogens with two attached hydrogens (primary N) is 1. The minimum absolute atomic E-state index is 0.0327. The molecule has 0 aliphatic rings. The van der Waals surface area contributed by atoms with Crippen LogP contribution < -0.4 is 5.73 Å². The molecule has 4 aromatic rings. The zero-order valence-electron chi connectivity index (χ0n) is 14.7. The van der Waals surface area contributed by atoms with Crippen molar-refractivity contribution in [3.8, 4) is 17.8 Å². The highest BCUT2D eigenvalue weighted by Gasteiger charge is 2.32. The molecule has 1 atom stereocenters. The molecular formula is C20H11ClN6OS. The summed E-state index contributed by atoms with van der Waals surface area (Å²) in [6.45, 7) is 0. The highest BCUT2D eigenvalue weighted by Crippen LogP contribution is 2.32. The van der Waals surface area contributed by atoms with Crippen LogP contribution in [0.4, 0.5) is 5.69 Å². The van der Waals surface area contributed by atoms with Gasteiger partial charge in [-0.05, 0) is 36.4 Å². The smallest absolute Gasteiger partial charge is 0.207 e. The van der Waals surface area contributed by atoms with Gasteiger partial charge in [-0.1, -0.05) is 23.7 Å². The van der Waals surface area contributed by atoms with Crippen molar-refractivity contribution in [2.75, 3.05) is 5.73 Å². The molecule has 2 heterocycles. The number of carbonyl (C=O) groups is 1. The van der Waals surface area contributed by atoms with Crippen molar-refractivity contribution in [2.45, 2.75) is 5.92 Å². The minimum atomic E-state index is -1.18. The molecule has 0 amide bonds. The first-order valence-electron chi connectivity index (χ1n) is 8.37. The Morgan fingerprint density at radius 1 is 1.17 bits per heavy atom. The third-order valence-corrected chi connectivity index (χ3v) is 5.63. The number of nitrogen functional groups attached to an aromatic ring is 1. The van der Waals surface area contributed by atoms with E-state index in [-0.39, 0.29) is 17.1 Å². The van der Waals surface area contributed by atoms with Gasteiger partial charge < -0.3 is 5.73 Å². The van der Waals surface area contributed by atoms with Crippen LogP contribution in [-0.4, -0.2) is 20.5 Å². The zero-order valence-corrected chi connectivity index (χ0v) is 16.3. The number of anilines is 1. The molecule has 0 bridgehead atoms. The minimum Gasteiger partial charge on any atom is -0.394 e. The Labute approximate surface area is 174 Å². The van der Waals surface area contributed by atoms with Crippen molar-refractivity contribution in [3.05, 3.63) is 69.9 Å². The van der Waals surface area contributed by atoms with E-state index in [9.17, 15) is 15.3 Å². The number of nitriles is 2. The number of para-hydroxylation sites is 1. The van der Waals surface area contributed by atoms with E-state index in [1.165, 1.54) is 16.0 Å². The van der Waals surface area contributed by atoms with E-state index in [1.807, 2.05) is 36.4 Å². The molecular weight excluding hydrogens is 408 g/mol. The van der Waals surface area contributed by atoms with E-state index in [1.54, 1.807) is 24.3 Å². The number of halogens is 1. The van der Waals surface area contributed by atoms with Crippen LogP contribution >= 0.6 is 22.9 Å². The predicted octanol–water partition coefficient (Wildman–Crippen LogP) is 4.08. The predicted molar refractivity (Wildman–Crippen MR) is 110 cm³/mol. The van der Waals surface area contributed by atoms with Gasteiger partial charge in [-0.3, -0.25) is 4.79 Å². The molecule has 29 heavy (non-hydrogen) atoms. The lowest BCUT2D eigenvalue weighted by Crippen LogP contribution is -2.17. The van der Waals surface area contributed by atoms with Crippen LogP contribution in [0.5, 0.6) is 0 Å². The van der Waals surface area contributed by atoms with Crippen LogP contribution in [0.2, 0.25) is 5.02 Å². The molecule has 0 aliphatic carbocycles. The molecule has 1 unspecified atom stereocenters. The maximum absolute atomic E-state index is 13.3. The number of Topliss-reactive ketones (excluding diaryl/α,β-unsaturated/α-hetero) is 1. The Morgan fingerprint density at radius 2 is 1.90 bits per heavy atom. The number of rotatable bonds is 4. The summed E-state index contributed by atoms with van der Waals surface area (Å²) in [6, 6.07) is 17.8. The molecule has 0 spiro atoms. The first-order chi connectivity index (χ1) is 14.0. The maximum atomic E-state index is 13.3. The van der Waals surface area contributed by atoms with Crippen LogP contribution in [0, 0.1) is 22.7 Å². The second-order valence-corrected chi connectivity index (χ2v) is 7.56. The van der Waals surface area contributed by atoms with Gasteiger partial charge in [-0.25, -0.2) is 9.67 Å². The number of hydrogen-bond acceptors (Lipinski definition) is 7. The van der Waals surface area contributed by atoms with Crippen LogP contribution in [0.15, 0.2) is 48.5 Å². The third kappa shape index (κ3) is 3.21. The number of benzene rings is 2. The molecule has 7 nitrogen and oxygen atoms in total. The number of thiazole rings is 1. The number of ketones is 1. The molecule has 0 saturated heterocycles. The van der Waals surface area contributed by atoms with Crippen molar-refractivity contribution < 1.29 is 4.79 Å². The number of fused-ring (bicyclic) bond motifs is 1. The van der Waals surface area contributed by atoms with Gasteiger partial charge in [-0.15, -0.1) is 11.3 Å². The average Bonchev–Trinajstić information content (AvgIpc) is 3.29. The summed E-state index contributed by atoms with van der Waals surface area (Å²) >= 11 is 7.20. The lowest BCUT2D eigenvalue weighted by atomic mass is 10.0. The summed E-state index contributed by atoms with van der Waals surface area (Å²) in [5.74, 6) is -1.75. The monoisotopic (exact) mass is 418 g/mol. The van der Waals surface area contributed by atoms with Crippen molar-refractivity contribution >= 4 is 44.6 Å². The Balaban J connectivity index is 1.85. The number of carbonyl (C=O) groups excluding carboxylic acids is 1. The fourth-order valence-electron chi connectivity index (χ4n) is 2.90. The van der Waals surface area contributed by atoms with Gasteiger partial charge in [0.25, 0.3) is 0 Å². The Hall–Kier alpha value is -3.72. The van der Waals surface area contributed by atoms with E-state index in [2.05, 4.69) is 10.1 Å². The molecule has 0 fully saturated rings. The van der Waals surface area contributed by atoms with Gasteiger partial charge in [0.2, 0.25) is 5.78 Å². The van der Waals surface area contributed by atoms with E-state index in [0.717, 1.165) is 4.70 Å². The van der Waals surface area contributed by atoms with Crippen molar-refractivity contribution in [2.24, 2.45) is 0 Å².